The summed E-state index contributed by atoms with van der Waals surface area (Å²) in [7, 11) is -0.964. The number of carbonyl (C=O) groups excluding carboxylic acids is 3. The summed E-state index contributed by atoms with van der Waals surface area (Å²) in [6, 6.07) is -0.996. The van der Waals surface area contributed by atoms with Crippen molar-refractivity contribution in [3.8, 4) is 0 Å². The minimum absolute atomic E-state index is 0.345. The number of hydrogen-bond donors (Lipinski definition) is 1. The smallest absolute Gasteiger partial charge is 0.277 e. The molecule has 7 heteroatoms. The van der Waals surface area contributed by atoms with Gasteiger partial charge in [-0.15, -0.1) is 0 Å². The van der Waals surface area contributed by atoms with E-state index in [1.54, 1.807) is 13.2 Å². The lowest BCUT2D eigenvalue weighted by Gasteiger charge is -2.46. The lowest BCUT2D eigenvalue weighted by molar-refractivity contribution is -0.159. The van der Waals surface area contributed by atoms with Gasteiger partial charge < -0.3 is 0 Å². The van der Waals surface area contributed by atoms with E-state index >= 15 is 0 Å². The number of barbiturate groups is 1. The van der Waals surface area contributed by atoms with Gasteiger partial charge >= 0.3 is 6.03 Å². The molecule has 2 unspecified atom stereocenters. The van der Waals surface area contributed by atoms with Crippen LogP contribution in [-0.2, 0) is 20.4 Å². The Morgan fingerprint density at radius 2 is 2.00 bits per heavy atom. The van der Waals surface area contributed by atoms with Crippen molar-refractivity contribution in [2.75, 3.05) is 12.0 Å². The quantitative estimate of drug-likeness (QED) is 0.758. The molecule has 6 nitrogen and oxygen atoms in total. The van der Waals surface area contributed by atoms with Crippen molar-refractivity contribution in [2.24, 2.45) is 5.41 Å². The summed E-state index contributed by atoms with van der Waals surface area (Å²) in [5, 5.41) is 2.27. The second kappa shape index (κ2) is 5.03. The SMILES string of the molecule is CC(CCS(C)=O)N1C(=O)NC(=O)C2(CCC2)C1=O. The molecule has 1 heterocycles. The van der Waals surface area contributed by atoms with Gasteiger partial charge in [0.1, 0.15) is 5.41 Å². The van der Waals surface area contributed by atoms with E-state index in [0.717, 1.165) is 11.3 Å². The van der Waals surface area contributed by atoms with Crippen molar-refractivity contribution in [3.05, 3.63) is 0 Å². The maximum absolute atomic E-state index is 12.4. The van der Waals surface area contributed by atoms with Gasteiger partial charge in [-0.05, 0) is 26.2 Å². The highest BCUT2D eigenvalue weighted by molar-refractivity contribution is 7.84. The predicted molar refractivity (Wildman–Crippen MR) is 69.7 cm³/mol. The number of nitrogens with one attached hydrogen (secondary N) is 1. The Bertz CT molecular complexity index is 459. The number of carbonyl (C=O) groups is 3. The second-order valence-corrected chi connectivity index (χ2v) is 6.84. The molecule has 2 rings (SSSR count). The zero-order valence-electron chi connectivity index (χ0n) is 11.1. The second-order valence-electron chi connectivity index (χ2n) is 5.29. The summed E-state index contributed by atoms with van der Waals surface area (Å²) in [4.78, 5) is 37.2. The predicted octanol–water partition coefficient (Wildman–Crippen LogP) is 0.392. The normalized spacial score (nSPS) is 24.9. The third-order valence-electron chi connectivity index (χ3n) is 3.97. The van der Waals surface area contributed by atoms with E-state index in [1.807, 2.05) is 0 Å². The first-order valence-electron chi connectivity index (χ1n) is 6.37. The molecule has 0 radical (unpaired) electrons. The Hall–Kier alpha value is -1.24. The van der Waals surface area contributed by atoms with Crippen LogP contribution in [0.5, 0.6) is 0 Å². The summed E-state index contributed by atoms with van der Waals surface area (Å²) in [6.45, 7) is 1.74. The molecule has 0 bridgehead atoms. The van der Waals surface area contributed by atoms with Crippen LogP contribution >= 0.6 is 0 Å². The summed E-state index contributed by atoms with van der Waals surface area (Å²) in [5.41, 5.74) is -1.02. The maximum Gasteiger partial charge on any atom is 0.331 e. The number of urea groups is 1. The van der Waals surface area contributed by atoms with E-state index in [1.165, 1.54) is 0 Å². The average molecular weight is 286 g/mol. The highest BCUT2D eigenvalue weighted by Gasteiger charge is 2.57. The fourth-order valence-electron chi connectivity index (χ4n) is 2.53. The minimum Gasteiger partial charge on any atom is -0.277 e. The molecule has 4 amide bonds. The third kappa shape index (κ3) is 2.31. The molecule has 1 saturated heterocycles. The highest BCUT2D eigenvalue weighted by atomic mass is 32.2. The van der Waals surface area contributed by atoms with E-state index in [2.05, 4.69) is 5.32 Å². The van der Waals surface area contributed by atoms with Crippen LogP contribution in [0.15, 0.2) is 0 Å². The number of nitrogens with zero attached hydrogens (tertiary/aromatic N) is 1. The number of amides is 4. The molecule has 1 saturated carbocycles. The molecular weight excluding hydrogens is 268 g/mol. The number of hydrogen-bond acceptors (Lipinski definition) is 4. The summed E-state index contributed by atoms with van der Waals surface area (Å²) >= 11 is 0. The fraction of sp³-hybridized carbons (Fsp3) is 0.750. The minimum atomic E-state index is -1.02. The summed E-state index contributed by atoms with van der Waals surface area (Å²) in [5.74, 6) is -0.419. The lowest BCUT2D eigenvalue weighted by Crippen LogP contribution is -2.67. The van der Waals surface area contributed by atoms with E-state index in [9.17, 15) is 18.6 Å². The van der Waals surface area contributed by atoms with Gasteiger partial charge in [-0.1, -0.05) is 6.42 Å². The van der Waals surface area contributed by atoms with Crippen LogP contribution in [0.4, 0.5) is 4.79 Å². The van der Waals surface area contributed by atoms with Crippen molar-refractivity contribution >= 4 is 28.6 Å². The molecule has 1 spiro atoms. The van der Waals surface area contributed by atoms with Crippen molar-refractivity contribution in [3.63, 3.8) is 0 Å². The maximum atomic E-state index is 12.4. The Morgan fingerprint density at radius 1 is 1.37 bits per heavy atom. The molecule has 0 aromatic rings. The van der Waals surface area contributed by atoms with Crippen molar-refractivity contribution < 1.29 is 18.6 Å². The Kier molecular flexibility index (Phi) is 3.75. The van der Waals surface area contributed by atoms with Crippen LogP contribution in [0.3, 0.4) is 0 Å². The number of imide groups is 2. The lowest BCUT2D eigenvalue weighted by atomic mass is 9.66. The first-order valence-corrected chi connectivity index (χ1v) is 8.10. The molecule has 1 aliphatic heterocycles. The summed E-state index contributed by atoms with van der Waals surface area (Å²) in [6.07, 6.45) is 3.91. The molecule has 0 aromatic heterocycles. The molecule has 106 valence electrons. The summed E-state index contributed by atoms with van der Waals surface area (Å²) < 4.78 is 11.1. The fourth-order valence-corrected chi connectivity index (χ4v) is 3.21. The van der Waals surface area contributed by atoms with Gasteiger partial charge in [0.15, 0.2) is 0 Å². The van der Waals surface area contributed by atoms with Crippen LogP contribution in [0.1, 0.15) is 32.6 Å². The molecular formula is C12H18N2O4S. The molecule has 2 aliphatic rings. The molecule has 1 aliphatic carbocycles. The van der Waals surface area contributed by atoms with Gasteiger partial charge in [0.2, 0.25) is 11.8 Å². The van der Waals surface area contributed by atoms with E-state index in [-0.39, 0.29) is 11.9 Å². The van der Waals surface area contributed by atoms with Crippen LogP contribution < -0.4 is 5.32 Å². The van der Waals surface area contributed by atoms with Gasteiger partial charge in [-0.25, -0.2) is 4.79 Å². The number of rotatable bonds is 4. The van der Waals surface area contributed by atoms with E-state index in [0.29, 0.717) is 25.0 Å². The third-order valence-corrected chi connectivity index (χ3v) is 4.78. The van der Waals surface area contributed by atoms with Gasteiger partial charge in [0.05, 0.1) is 0 Å². The zero-order chi connectivity index (χ0) is 14.2. The first-order chi connectivity index (χ1) is 8.88. The van der Waals surface area contributed by atoms with Gasteiger partial charge in [0.25, 0.3) is 0 Å². The van der Waals surface area contributed by atoms with Gasteiger partial charge in [-0.3, -0.25) is 24.0 Å². The van der Waals surface area contributed by atoms with Gasteiger partial charge in [0, 0.05) is 28.9 Å². The molecule has 1 N–H and O–H groups in total. The van der Waals surface area contributed by atoms with Crippen molar-refractivity contribution in [1.82, 2.24) is 10.2 Å². The first kappa shape index (κ1) is 14.2. The van der Waals surface area contributed by atoms with Crippen LogP contribution in [0.2, 0.25) is 0 Å². The van der Waals surface area contributed by atoms with E-state index in [4.69, 9.17) is 0 Å². The molecule has 2 atom stereocenters. The van der Waals surface area contributed by atoms with Crippen LogP contribution in [0.25, 0.3) is 0 Å². The van der Waals surface area contributed by atoms with Gasteiger partial charge in [-0.2, -0.15) is 0 Å². The van der Waals surface area contributed by atoms with Crippen LogP contribution in [-0.4, -0.2) is 45.0 Å². The topological polar surface area (TPSA) is 83.6 Å². The largest absolute Gasteiger partial charge is 0.331 e. The Balaban J connectivity index is 2.14. The standard InChI is InChI=1S/C12H18N2O4S/c1-8(4-7-19(2)18)14-10(16)12(5-3-6-12)9(15)13-11(14)17/h8H,3-7H2,1-2H3,(H,13,15,17). The molecule has 19 heavy (non-hydrogen) atoms. The Morgan fingerprint density at radius 3 is 2.47 bits per heavy atom. The van der Waals surface area contributed by atoms with Crippen LogP contribution in [0, 0.1) is 5.41 Å². The zero-order valence-corrected chi connectivity index (χ0v) is 11.9. The van der Waals surface area contributed by atoms with E-state index < -0.39 is 28.2 Å². The van der Waals surface area contributed by atoms with Crippen molar-refractivity contribution in [1.29, 1.82) is 0 Å². The molecule has 2 fully saturated rings. The average Bonchev–Trinajstić information content (AvgIpc) is 2.23. The molecule has 0 aromatic carbocycles. The van der Waals surface area contributed by atoms with Crippen molar-refractivity contribution in [2.45, 2.75) is 38.6 Å². The monoisotopic (exact) mass is 286 g/mol. The Labute approximate surface area is 114 Å². The highest BCUT2D eigenvalue weighted by Crippen LogP contribution is 2.44.